The molecule has 8 heteroatoms. The highest BCUT2D eigenvalue weighted by atomic mass is 16.5. The maximum Gasteiger partial charge on any atom is 0.348 e. The third-order valence-electron chi connectivity index (χ3n) is 3.85. The minimum atomic E-state index is -0.702. The number of carbonyl (C=O) groups excluding carboxylic acids is 2. The number of nitriles is 1. The molecule has 1 N–H and O–H groups in total. The molecule has 8 nitrogen and oxygen atoms in total. The molecule has 2 aromatic carbocycles. The summed E-state index contributed by atoms with van der Waals surface area (Å²) in [6, 6.07) is 13.6. The molecule has 0 bridgehead atoms. The molecule has 0 radical (unpaired) electrons. The second kappa shape index (κ2) is 11.1. The van der Waals surface area contributed by atoms with Crippen molar-refractivity contribution in [3.63, 3.8) is 0 Å². The third-order valence-corrected chi connectivity index (χ3v) is 3.85. The van der Waals surface area contributed by atoms with Gasteiger partial charge < -0.3 is 24.3 Å². The second-order valence-electron chi connectivity index (χ2n) is 5.84. The number of benzene rings is 2. The van der Waals surface area contributed by atoms with Gasteiger partial charge in [0.15, 0.2) is 18.1 Å². The summed E-state index contributed by atoms with van der Waals surface area (Å²) in [5.41, 5.74) is 0.940. The normalized spacial score (nSPS) is 10.5. The van der Waals surface area contributed by atoms with Crippen molar-refractivity contribution in [3.05, 3.63) is 53.6 Å². The Morgan fingerprint density at radius 2 is 1.80 bits per heavy atom. The summed E-state index contributed by atoms with van der Waals surface area (Å²) >= 11 is 0. The zero-order valence-corrected chi connectivity index (χ0v) is 16.9. The number of nitrogens with one attached hydrogen (secondary N) is 1. The second-order valence-corrected chi connectivity index (χ2v) is 5.84. The maximum absolute atomic E-state index is 12.2. The number of anilines is 1. The molecule has 2 aromatic rings. The Balaban J connectivity index is 2.09. The fourth-order valence-electron chi connectivity index (χ4n) is 2.48. The van der Waals surface area contributed by atoms with E-state index in [1.807, 2.05) is 6.07 Å². The van der Waals surface area contributed by atoms with Gasteiger partial charge in [-0.25, -0.2) is 4.79 Å². The fraction of sp³-hybridized carbons (Fsp3) is 0.227. The SMILES string of the molecule is CCOC(=O)C(C#N)=Cc1ccc(OCC(=O)Nc2ccccc2OC)c(OC)c1. The lowest BCUT2D eigenvalue weighted by Crippen LogP contribution is -2.20. The van der Waals surface area contributed by atoms with Crippen molar-refractivity contribution in [2.45, 2.75) is 6.92 Å². The van der Waals surface area contributed by atoms with Gasteiger partial charge in [0.05, 0.1) is 26.5 Å². The predicted octanol–water partition coefficient (Wildman–Crippen LogP) is 3.19. The van der Waals surface area contributed by atoms with E-state index in [4.69, 9.17) is 24.2 Å². The number of nitrogens with zero attached hydrogens (tertiary/aromatic N) is 1. The van der Waals surface area contributed by atoms with Gasteiger partial charge in [0.2, 0.25) is 0 Å². The van der Waals surface area contributed by atoms with Crippen LogP contribution in [0, 0.1) is 11.3 Å². The van der Waals surface area contributed by atoms with E-state index in [0.717, 1.165) is 0 Å². The summed E-state index contributed by atoms with van der Waals surface area (Å²) in [7, 11) is 2.96. The van der Waals surface area contributed by atoms with Crippen LogP contribution in [-0.4, -0.2) is 39.3 Å². The number of carbonyl (C=O) groups is 2. The molecule has 0 saturated carbocycles. The van der Waals surface area contributed by atoms with Gasteiger partial charge in [-0.2, -0.15) is 5.26 Å². The number of rotatable bonds is 9. The lowest BCUT2D eigenvalue weighted by molar-refractivity contribution is -0.137. The van der Waals surface area contributed by atoms with Gasteiger partial charge in [-0.3, -0.25) is 4.79 Å². The molecule has 0 saturated heterocycles. The molecule has 0 atom stereocenters. The summed E-state index contributed by atoms with van der Waals surface area (Å²) < 4.78 is 20.9. The quantitative estimate of drug-likeness (QED) is 0.384. The van der Waals surface area contributed by atoms with Gasteiger partial charge >= 0.3 is 5.97 Å². The molecule has 0 aromatic heterocycles. The van der Waals surface area contributed by atoms with E-state index in [2.05, 4.69) is 5.32 Å². The number of ether oxygens (including phenoxy) is 4. The molecule has 0 heterocycles. The number of para-hydroxylation sites is 2. The average Bonchev–Trinajstić information content (AvgIpc) is 2.76. The van der Waals surface area contributed by atoms with Crippen molar-refractivity contribution in [2.24, 2.45) is 0 Å². The standard InChI is InChI=1S/C22H22N2O6/c1-4-29-22(26)16(13-23)11-15-9-10-19(20(12-15)28-3)30-14-21(25)24-17-7-5-6-8-18(17)27-2/h5-12H,4,14H2,1-3H3,(H,24,25). The predicted molar refractivity (Wildman–Crippen MR) is 110 cm³/mol. The minimum Gasteiger partial charge on any atom is -0.495 e. The number of hydrogen-bond acceptors (Lipinski definition) is 7. The molecule has 0 spiro atoms. The Morgan fingerprint density at radius 3 is 2.47 bits per heavy atom. The van der Waals surface area contributed by atoms with Gasteiger partial charge in [-0.05, 0) is 42.8 Å². The Kier molecular flexibility index (Phi) is 8.27. The van der Waals surface area contributed by atoms with E-state index in [1.165, 1.54) is 20.3 Å². The Labute approximate surface area is 174 Å². The Morgan fingerprint density at radius 1 is 1.07 bits per heavy atom. The highest BCUT2D eigenvalue weighted by Crippen LogP contribution is 2.29. The minimum absolute atomic E-state index is 0.135. The zero-order valence-electron chi connectivity index (χ0n) is 16.9. The van der Waals surface area contributed by atoms with Crippen LogP contribution in [0.1, 0.15) is 12.5 Å². The first-order chi connectivity index (χ1) is 14.5. The smallest absolute Gasteiger partial charge is 0.348 e. The van der Waals surface area contributed by atoms with Crippen LogP contribution in [0.3, 0.4) is 0 Å². The van der Waals surface area contributed by atoms with Gasteiger partial charge in [-0.1, -0.05) is 18.2 Å². The van der Waals surface area contributed by atoms with Gasteiger partial charge in [-0.15, -0.1) is 0 Å². The summed E-state index contributed by atoms with van der Waals surface area (Å²) in [5.74, 6) is 0.135. The van der Waals surface area contributed by atoms with Crippen molar-refractivity contribution in [1.29, 1.82) is 5.26 Å². The van der Waals surface area contributed by atoms with Crippen molar-refractivity contribution in [2.75, 3.05) is 32.8 Å². The zero-order chi connectivity index (χ0) is 21.9. The molecule has 2 rings (SSSR count). The summed E-state index contributed by atoms with van der Waals surface area (Å²) in [5, 5.41) is 11.9. The van der Waals surface area contributed by atoms with E-state index in [1.54, 1.807) is 49.4 Å². The van der Waals surface area contributed by atoms with Crippen LogP contribution < -0.4 is 19.5 Å². The van der Waals surface area contributed by atoms with E-state index in [9.17, 15) is 9.59 Å². The highest BCUT2D eigenvalue weighted by Gasteiger charge is 2.13. The van der Waals surface area contributed by atoms with Crippen LogP contribution >= 0.6 is 0 Å². The topological polar surface area (TPSA) is 107 Å². The summed E-state index contributed by atoms with van der Waals surface area (Å²) in [6.07, 6.45) is 1.39. The maximum atomic E-state index is 12.2. The van der Waals surface area contributed by atoms with Crippen molar-refractivity contribution < 1.29 is 28.5 Å². The highest BCUT2D eigenvalue weighted by molar-refractivity contribution is 5.98. The van der Waals surface area contributed by atoms with Crippen molar-refractivity contribution in [3.8, 4) is 23.3 Å². The summed E-state index contributed by atoms with van der Waals surface area (Å²) in [6.45, 7) is 1.58. The molecule has 0 aliphatic rings. The van der Waals surface area contributed by atoms with Crippen LogP contribution in [0.4, 0.5) is 5.69 Å². The number of amides is 1. The van der Waals surface area contributed by atoms with Crippen LogP contribution in [-0.2, 0) is 14.3 Å². The van der Waals surface area contributed by atoms with Gasteiger partial charge in [0, 0.05) is 0 Å². The van der Waals surface area contributed by atoms with E-state index >= 15 is 0 Å². The van der Waals surface area contributed by atoms with E-state index in [-0.39, 0.29) is 24.7 Å². The lowest BCUT2D eigenvalue weighted by Gasteiger charge is -2.13. The Bertz CT molecular complexity index is 978. The van der Waals surface area contributed by atoms with Gasteiger partial charge in [0.25, 0.3) is 5.91 Å². The fourth-order valence-corrected chi connectivity index (χ4v) is 2.48. The molecule has 0 unspecified atom stereocenters. The molecular formula is C22H22N2O6. The van der Waals surface area contributed by atoms with Crippen molar-refractivity contribution in [1.82, 2.24) is 0 Å². The monoisotopic (exact) mass is 410 g/mol. The number of hydrogen-bond donors (Lipinski definition) is 1. The van der Waals surface area contributed by atoms with Crippen LogP contribution in [0.15, 0.2) is 48.0 Å². The molecule has 0 aliphatic carbocycles. The molecule has 30 heavy (non-hydrogen) atoms. The average molecular weight is 410 g/mol. The number of methoxy groups -OCH3 is 2. The van der Waals surface area contributed by atoms with Crippen LogP contribution in [0.2, 0.25) is 0 Å². The van der Waals surface area contributed by atoms with Crippen LogP contribution in [0.5, 0.6) is 17.2 Å². The molecule has 0 fully saturated rings. The van der Waals surface area contributed by atoms with Crippen molar-refractivity contribution >= 4 is 23.6 Å². The molecule has 156 valence electrons. The first-order valence-corrected chi connectivity index (χ1v) is 9.05. The molecule has 0 aliphatic heterocycles. The van der Waals surface area contributed by atoms with Gasteiger partial charge in [0.1, 0.15) is 17.4 Å². The van der Waals surface area contributed by atoms with E-state index in [0.29, 0.717) is 28.5 Å². The first-order valence-electron chi connectivity index (χ1n) is 9.05. The number of esters is 1. The summed E-state index contributed by atoms with van der Waals surface area (Å²) in [4.78, 5) is 24.0. The molecular weight excluding hydrogens is 388 g/mol. The first kappa shape index (κ1) is 22.3. The largest absolute Gasteiger partial charge is 0.495 e. The Hall–Kier alpha value is -3.99. The van der Waals surface area contributed by atoms with E-state index < -0.39 is 5.97 Å². The van der Waals surface area contributed by atoms with Crippen LogP contribution in [0.25, 0.3) is 6.08 Å². The molecule has 1 amide bonds. The third kappa shape index (κ3) is 6.01. The lowest BCUT2D eigenvalue weighted by atomic mass is 10.1.